The molecular weight excluding hydrogens is 278 g/mol. The minimum atomic E-state index is -0.757. The number of H-pyrrole nitrogens is 1. The Bertz CT molecular complexity index is 773. The van der Waals surface area contributed by atoms with Gasteiger partial charge in [-0.25, -0.2) is 9.59 Å². The van der Waals surface area contributed by atoms with Gasteiger partial charge in [-0.3, -0.25) is 9.78 Å². The lowest BCUT2D eigenvalue weighted by atomic mass is 10.1. The third-order valence-corrected chi connectivity index (χ3v) is 3.43. The van der Waals surface area contributed by atoms with Crippen molar-refractivity contribution in [1.82, 2.24) is 4.98 Å². The molecule has 20 heavy (non-hydrogen) atoms. The molecule has 0 unspecified atom stereocenters. The molecule has 1 heterocycles. The summed E-state index contributed by atoms with van der Waals surface area (Å²) in [6.07, 6.45) is 4.57. The fraction of sp³-hybridized carbons (Fsp3) is 0.214. The summed E-state index contributed by atoms with van der Waals surface area (Å²) in [6, 6.07) is 5.12. The van der Waals surface area contributed by atoms with E-state index in [1.54, 1.807) is 18.2 Å². The summed E-state index contributed by atoms with van der Waals surface area (Å²) in [4.78, 5) is 35.8. The second-order valence-electron chi connectivity index (χ2n) is 4.14. The first-order valence-corrected chi connectivity index (χ1v) is 7.02. The van der Waals surface area contributed by atoms with E-state index in [1.165, 1.54) is 18.7 Å². The Morgan fingerprint density at radius 2 is 2.20 bits per heavy atom. The molecule has 0 aliphatic heterocycles. The molecule has 5 nitrogen and oxygen atoms in total. The van der Waals surface area contributed by atoms with Gasteiger partial charge in [0.2, 0.25) is 0 Å². The maximum atomic E-state index is 11.6. The van der Waals surface area contributed by atoms with Gasteiger partial charge in [0.15, 0.2) is 5.12 Å². The number of nitrogens with one attached hydrogen (secondary N) is 1. The van der Waals surface area contributed by atoms with Crippen molar-refractivity contribution in [2.75, 3.05) is 5.75 Å². The van der Waals surface area contributed by atoms with Crippen LogP contribution in [-0.2, 0) is 4.79 Å². The number of rotatable bonds is 4. The van der Waals surface area contributed by atoms with Gasteiger partial charge in [0.05, 0.1) is 10.9 Å². The summed E-state index contributed by atoms with van der Waals surface area (Å²) in [5.74, 6) is -0.0263. The fourth-order valence-electron chi connectivity index (χ4n) is 1.71. The summed E-state index contributed by atoms with van der Waals surface area (Å²) in [5, 5.41) is 0.440. The van der Waals surface area contributed by atoms with E-state index in [0.29, 0.717) is 10.9 Å². The van der Waals surface area contributed by atoms with E-state index < -0.39 is 11.4 Å². The Balaban J connectivity index is 2.16. The lowest BCUT2D eigenvalue weighted by Crippen LogP contribution is -2.14. The molecule has 0 atom stereocenters. The molecule has 1 aromatic heterocycles. The molecule has 0 aliphatic rings. The molecule has 0 aliphatic carbocycles. The molecular formula is C14H13NO4S. The quantitative estimate of drug-likeness (QED) is 0.873. The normalized spacial score (nSPS) is 11.2. The first kappa shape index (κ1) is 14.3. The van der Waals surface area contributed by atoms with Crippen molar-refractivity contribution in [2.45, 2.75) is 13.3 Å². The molecule has 0 saturated carbocycles. The van der Waals surface area contributed by atoms with Crippen molar-refractivity contribution in [3.05, 3.63) is 50.8 Å². The van der Waals surface area contributed by atoms with E-state index in [4.69, 9.17) is 0 Å². The number of fused-ring (bicyclic) bond motifs is 1. The molecule has 1 N–H and O–H groups in total. The van der Waals surface area contributed by atoms with Gasteiger partial charge in [0.25, 0.3) is 0 Å². The van der Waals surface area contributed by atoms with E-state index in [0.717, 1.165) is 17.7 Å². The van der Waals surface area contributed by atoms with Crippen molar-refractivity contribution < 1.29 is 9.21 Å². The van der Waals surface area contributed by atoms with Gasteiger partial charge < -0.3 is 4.42 Å². The molecule has 1 aromatic carbocycles. The lowest BCUT2D eigenvalue weighted by Gasteiger charge is -1.97. The van der Waals surface area contributed by atoms with Crippen molar-refractivity contribution in [1.29, 1.82) is 0 Å². The smallest absolute Gasteiger partial charge is 0.372 e. The zero-order chi connectivity index (χ0) is 14.5. The summed E-state index contributed by atoms with van der Waals surface area (Å²) < 4.78 is 4.48. The van der Waals surface area contributed by atoms with Crippen LogP contribution >= 0.6 is 11.8 Å². The fourth-order valence-corrected chi connectivity index (χ4v) is 2.25. The van der Waals surface area contributed by atoms with Gasteiger partial charge in [0.1, 0.15) is 0 Å². The molecule has 0 amide bonds. The number of carbonyl (C=O) groups is 1. The van der Waals surface area contributed by atoms with Gasteiger partial charge in [-0.1, -0.05) is 30.0 Å². The van der Waals surface area contributed by atoms with E-state index in [1.807, 2.05) is 12.2 Å². The predicted molar refractivity (Wildman–Crippen MR) is 79.9 cm³/mol. The van der Waals surface area contributed by atoms with E-state index in [2.05, 4.69) is 9.40 Å². The highest BCUT2D eigenvalue weighted by Crippen LogP contribution is 2.11. The zero-order valence-electron chi connectivity index (χ0n) is 10.8. The van der Waals surface area contributed by atoms with Crippen LogP contribution in [0.25, 0.3) is 17.0 Å². The maximum Gasteiger partial charge on any atom is 0.419 e. The van der Waals surface area contributed by atoms with Crippen LogP contribution in [0.4, 0.5) is 0 Å². The monoisotopic (exact) mass is 291 g/mol. The van der Waals surface area contributed by atoms with Gasteiger partial charge >= 0.3 is 11.4 Å². The van der Waals surface area contributed by atoms with Crippen molar-refractivity contribution >= 4 is 33.9 Å². The summed E-state index contributed by atoms with van der Waals surface area (Å²) in [6.45, 7) is 1.54. The molecule has 0 saturated heterocycles. The number of benzene rings is 1. The van der Waals surface area contributed by atoms with Crippen molar-refractivity contribution in [3.63, 3.8) is 0 Å². The Morgan fingerprint density at radius 3 is 2.95 bits per heavy atom. The van der Waals surface area contributed by atoms with Crippen LogP contribution in [0.1, 0.15) is 18.9 Å². The standard InChI is InChI=1S/C14H13NO4S/c1-9(16)20-7-3-2-4-10-5-6-12-11(8-10)13(17)19-14(18)15-12/h2,4-6,8H,3,7H2,1H3,(H,15,18). The van der Waals surface area contributed by atoms with Crippen LogP contribution in [0.15, 0.2) is 38.3 Å². The number of allylic oxidation sites excluding steroid dienone is 1. The Hall–Kier alpha value is -2.08. The molecule has 0 spiro atoms. The molecule has 104 valence electrons. The topological polar surface area (TPSA) is 80.1 Å². The largest absolute Gasteiger partial charge is 0.419 e. The molecule has 0 bridgehead atoms. The number of thioether (sulfide) groups is 1. The molecule has 2 aromatic rings. The second kappa shape index (κ2) is 6.38. The highest BCUT2D eigenvalue weighted by Gasteiger charge is 2.02. The third-order valence-electron chi connectivity index (χ3n) is 2.59. The summed E-state index contributed by atoms with van der Waals surface area (Å²) in [5.41, 5.74) is 0.645. The Labute approximate surface area is 118 Å². The summed E-state index contributed by atoms with van der Waals surface area (Å²) in [7, 11) is 0. The highest BCUT2D eigenvalue weighted by molar-refractivity contribution is 8.13. The van der Waals surface area contributed by atoms with Crippen LogP contribution in [-0.4, -0.2) is 15.9 Å². The molecule has 2 rings (SSSR count). The second-order valence-corrected chi connectivity index (χ2v) is 5.41. The van der Waals surface area contributed by atoms with Crippen LogP contribution in [0.5, 0.6) is 0 Å². The first-order valence-electron chi connectivity index (χ1n) is 6.03. The van der Waals surface area contributed by atoms with Crippen LogP contribution in [0.2, 0.25) is 0 Å². The van der Waals surface area contributed by atoms with Crippen molar-refractivity contribution in [2.24, 2.45) is 0 Å². The third kappa shape index (κ3) is 3.71. The van der Waals surface area contributed by atoms with Gasteiger partial charge in [-0.05, 0) is 24.1 Å². The number of hydrogen-bond acceptors (Lipinski definition) is 5. The van der Waals surface area contributed by atoms with Crippen molar-refractivity contribution in [3.8, 4) is 0 Å². The minimum Gasteiger partial charge on any atom is -0.372 e. The van der Waals surface area contributed by atoms with Gasteiger partial charge in [0, 0.05) is 12.7 Å². The molecule has 0 radical (unpaired) electrons. The average molecular weight is 291 g/mol. The predicted octanol–water partition coefficient (Wildman–Crippen LogP) is 2.16. The van der Waals surface area contributed by atoms with Crippen LogP contribution in [0.3, 0.4) is 0 Å². The minimum absolute atomic E-state index is 0.102. The number of aromatic nitrogens is 1. The molecule has 0 fully saturated rings. The van der Waals surface area contributed by atoms with E-state index in [-0.39, 0.29) is 5.12 Å². The van der Waals surface area contributed by atoms with E-state index >= 15 is 0 Å². The average Bonchev–Trinajstić information content (AvgIpc) is 2.38. The molecule has 6 heteroatoms. The number of hydrogen-bond donors (Lipinski definition) is 1. The van der Waals surface area contributed by atoms with Crippen LogP contribution < -0.4 is 11.4 Å². The number of carbonyl (C=O) groups excluding carboxylic acids is 1. The van der Waals surface area contributed by atoms with Crippen LogP contribution in [0, 0.1) is 0 Å². The van der Waals surface area contributed by atoms with Gasteiger partial charge in [-0.15, -0.1) is 0 Å². The highest BCUT2D eigenvalue weighted by atomic mass is 32.2. The number of aromatic amines is 1. The first-order chi connectivity index (χ1) is 9.56. The SMILES string of the molecule is CC(=O)SCCC=Cc1ccc2[nH]c(=O)oc(=O)c2c1. The Morgan fingerprint density at radius 1 is 1.40 bits per heavy atom. The van der Waals surface area contributed by atoms with Gasteiger partial charge in [-0.2, -0.15) is 0 Å². The lowest BCUT2D eigenvalue weighted by molar-refractivity contribution is -0.109. The Kier molecular flexibility index (Phi) is 4.57. The maximum absolute atomic E-state index is 11.6. The zero-order valence-corrected chi connectivity index (χ0v) is 11.7. The summed E-state index contributed by atoms with van der Waals surface area (Å²) >= 11 is 1.28. The van der Waals surface area contributed by atoms with E-state index in [9.17, 15) is 14.4 Å².